The summed E-state index contributed by atoms with van der Waals surface area (Å²) < 4.78 is 0.493. The van der Waals surface area contributed by atoms with Gasteiger partial charge in [-0.2, -0.15) is 0 Å². The van der Waals surface area contributed by atoms with Crippen molar-refractivity contribution in [3.8, 4) is 11.4 Å². The predicted molar refractivity (Wildman–Crippen MR) is 77.1 cm³/mol. The number of hydrogen-bond acceptors (Lipinski definition) is 2. The van der Waals surface area contributed by atoms with E-state index in [0.717, 1.165) is 16.8 Å². The lowest BCUT2D eigenvalue weighted by molar-refractivity contribution is 0.970. The predicted octanol–water partition coefficient (Wildman–Crippen LogP) is 3.72. The normalized spacial score (nSPS) is 10.7. The first-order chi connectivity index (χ1) is 8.52. The third-order valence-electron chi connectivity index (χ3n) is 2.71. The van der Waals surface area contributed by atoms with E-state index in [9.17, 15) is 4.79 Å². The van der Waals surface area contributed by atoms with E-state index in [2.05, 4.69) is 25.9 Å². The maximum absolute atomic E-state index is 11.8. The van der Waals surface area contributed by atoms with E-state index in [0.29, 0.717) is 21.7 Å². The van der Waals surface area contributed by atoms with Gasteiger partial charge in [-0.25, -0.2) is 4.98 Å². The fourth-order valence-corrected chi connectivity index (χ4v) is 2.27. The van der Waals surface area contributed by atoms with Crippen LogP contribution in [0.2, 0.25) is 5.02 Å². The lowest BCUT2D eigenvalue weighted by atomic mass is 10.1. The molecule has 0 radical (unpaired) electrons. The summed E-state index contributed by atoms with van der Waals surface area (Å²) in [6.07, 6.45) is 0.692. The molecular formula is C13H12BrClN2O. The number of halogens is 2. The van der Waals surface area contributed by atoms with Gasteiger partial charge in [0.15, 0.2) is 0 Å². The largest absolute Gasteiger partial charge is 0.306 e. The molecule has 1 aromatic carbocycles. The summed E-state index contributed by atoms with van der Waals surface area (Å²) in [6, 6.07) is 5.61. The molecule has 0 unspecified atom stereocenters. The number of aryl methyl sites for hydroxylation is 2. The molecule has 0 aliphatic carbocycles. The van der Waals surface area contributed by atoms with Gasteiger partial charge in [0, 0.05) is 10.6 Å². The molecule has 3 nitrogen and oxygen atoms in total. The van der Waals surface area contributed by atoms with Crippen molar-refractivity contribution in [1.82, 2.24) is 9.97 Å². The summed E-state index contributed by atoms with van der Waals surface area (Å²) >= 11 is 9.32. The van der Waals surface area contributed by atoms with Crippen molar-refractivity contribution in [2.75, 3.05) is 0 Å². The number of aromatic amines is 1. The van der Waals surface area contributed by atoms with Crippen LogP contribution in [-0.2, 0) is 6.42 Å². The van der Waals surface area contributed by atoms with Crippen LogP contribution in [0.4, 0.5) is 0 Å². The molecule has 2 rings (SSSR count). The highest BCUT2D eigenvalue weighted by Crippen LogP contribution is 2.23. The summed E-state index contributed by atoms with van der Waals surface area (Å²) in [7, 11) is 0. The average molecular weight is 328 g/mol. The van der Waals surface area contributed by atoms with Crippen LogP contribution in [0.25, 0.3) is 11.4 Å². The Labute approximate surface area is 118 Å². The van der Waals surface area contributed by atoms with Crippen molar-refractivity contribution in [2.45, 2.75) is 20.3 Å². The average Bonchev–Trinajstić information content (AvgIpc) is 2.36. The van der Waals surface area contributed by atoms with Crippen LogP contribution in [0, 0.1) is 6.92 Å². The van der Waals surface area contributed by atoms with Crippen molar-refractivity contribution >= 4 is 27.5 Å². The first-order valence-corrected chi connectivity index (χ1v) is 6.75. The van der Waals surface area contributed by atoms with Crippen molar-refractivity contribution in [1.29, 1.82) is 0 Å². The van der Waals surface area contributed by atoms with Crippen LogP contribution in [-0.4, -0.2) is 9.97 Å². The monoisotopic (exact) mass is 326 g/mol. The second-order valence-corrected chi connectivity index (χ2v) is 5.19. The Morgan fingerprint density at radius 2 is 2.17 bits per heavy atom. The highest BCUT2D eigenvalue weighted by Gasteiger charge is 2.09. The molecule has 0 saturated heterocycles. The molecule has 0 aliphatic heterocycles. The van der Waals surface area contributed by atoms with E-state index in [-0.39, 0.29) is 5.56 Å². The van der Waals surface area contributed by atoms with Gasteiger partial charge in [-0.1, -0.05) is 30.7 Å². The zero-order valence-electron chi connectivity index (χ0n) is 10.1. The van der Waals surface area contributed by atoms with E-state index in [1.165, 1.54) is 0 Å². The number of nitrogens with one attached hydrogen (secondary N) is 1. The second-order valence-electron chi connectivity index (χ2n) is 3.99. The van der Waals surface area contributed by atoms with E-state index < -0.39 is 0 Å². The number of rotatable bonds is 2. The van der Waals surface area contributed by atoms with E-state index in [1.807, 2.05) is 32.0 Å². The summed E-state index contributed by atoms with van der Waals surface area (Å²) in [6.45, 7) is 3.89. The van der Waals surface area contributed by atoms with Gasteiger partial charge in [-0.15, -0.1) is 0 Å². The van der Waals surface area contributed by atoms with Gasteiger partial charge >= 0.3 is 0 Å². The molecule has 2 aromatic rings. The minimum Gasteiger partial charge on any atom is -0.306 e. The molecule has 0 saturated carbocycles. The number of aromatic nitrogens is 2. The van der Waals surface area contributed by atoms with Gasteiger partial charge in [0.2, 0.25) is 0 Å². The number of benzene rings is 1. The van der Waals surface area contributed by atoms with Crippen LogP contribution in [0.15, 0.2) is 27.5 Å². The third-order valence-corrected chi connectivity index (χ3v) is 3.94. The third kappa shape index (κ3) is 2.49. The molecule has 94 valence electrons. The molecule has 0 aliphatic rings. The highest BCUT2D eigenvalue weighted by atomic mass is 79.9. The van der Waals surface area contributed by atoms with Gasteiger partial charge in [-0.3, -0.25) is 4.79 Å². The molecule has 0 amide bonds. The summed E-state index contributed by atoms with van der Waals surface area (Å²) in [5.74, 6) is 0.543. The van der Waals surface area contributed by atoms with Crippen LogP contribution < -0.4 is 5.56 Å². The van der Waals surface area contributed by atoms with Crippen LogP contribution in [0.1, 0.15) is 18.2 Å². The van der Waals surface area contributed by atoms with E-state index >= 15 is 0 Å². The van der Waals surface area contributed by atoms with Crippen LogP contribution in [0.3, 0.4) is 0 Å². The van der Waals surface area contributed by atoms with Crippen LogP contribution in [0.5, 0.6) is 0 Å². The van der Waals surface area contributed by atoms with Crippen molar-refractivity contribution in [2.24, 2.45) is 0 Å². The smallest absolute Gasteiger partial charge is 0.265 e. The maximum Gasteiger partial charge on any atom is 0.265 e. The molecule has 0 fully saturated rings. The highest BCUT2D eigenvalue weighted by molar-refractivity contribution is 9.10. The maximum atomic E-state index is 11.8. The number of H-pyrrole nitrogens is 1. The van der Waals surface area contributed by atoms with Gasteiger partial charge in [-0.05, 0) is 40.9 Å². The molecule has 18 heavy (non-hydrogen) atoms. The van der Waals surface area contributed by atoms with Crippen molar-refractivity contribution in [3.63, 3.8) is 0 Å². The van der Waals surface area contributed by atoms with Gasteiger partial charge < -0.3 is 4.98 Å². The molecular weight excluding hydrogens is 316 g/mol. The van der Waals surface area contributed by atoms with Gasteiger partial charge in [0.05, 0.1) is 5.69 Å². The van der Waals surface area contributed by atoms with Gasteiger partial charge in [0.25, 0.3) is 5.56 Å². The van der Waals surface area contributed by atoms with Gasteiger partial charge in [0.1, 0.15) is 10.3 Å². The summed E-state index contributed by atoms with van der Waals surface area (Å²) in [5, 5.41) is 0.663. The quantitative estimate of drug-likeness (QED) is 0.913. The standard InChI is InChI=1S/C13H12BrClN2O/c1-3-10-11(14)13(18)17-12(16-10)8-5-4-7(2)9(15)6-8/h4-6H,3H2,1-2H3,(H,16,17,18). The lowest BCUT2D eigenvalue weighted by Gasteiger charge is -2.06. The van der Waals surface area contributed by atoms with Crippen molar-refractivity contribution in [3.05, 3.63) is 49.3 Å². The topological polar surface area (TPSA) is 45.8 Å². The minimum absolute atomic E-state index is 0.173. The fraction of sp³-hybridized carbons (Fsp3) is 0.231. The Kier molecular flexibility index (Phi) is 3.88. The molecule has 0 atom stereocenters. The Bertz CT molecular complexity index is 652. The number of hydrogen-bond donors (Lipinski definition) is 1. The molecule has 5 heteroatoms. The number of nitrogens with zero attached hydrogens (tertiary/aromatic N) is 1. The lowest BCUT2D eigenvalue weighted by Crippen LogP contribution is -2.13. The van der Waals surface area contributed by atoms with E-state index in [1.54, 1.807) is 0 Å². The Hall–Kier alpha value is -1.13. The molecule has 1 N–H and O–H groups in total. The van der Waals surface area contributed by atoms with E-state index in [4.69, 9.17) is 11.6 Å². The Balaban J connectivity index is 2.60. The molecule has 1 heterocycles. The SMILES string of the molecule is CCc1nc(-c2ccc(C)c(Cl)c2)[nH]c(=O)c1Br. The molecule has 0 bridgehead atoms. The Morgan fingerprint density at radius 1 is 1.44 bits per heavy atom. The molecule has 0 spiro atoms. The second kappa shape index (κ2) is 5.24. The summed E-state index contributed by atoms with van der Waals surface area (Å²) in [4.78, 5) is 18.9. The van der Waals surface area contributed by atoms with Crippen molar-refractivity contribution < 1.29 is 0 Å². The van der Waals surface area contributed by atoms with Crippen LogP contribution >= 0.6 is 27.5 Å². The summed E-state index contributed by atoms with van der Waals surface area (Å²) in [5.41, 5.74) is 2.37. The fourth-order valence-electron chi connectivity index (χ4n) is 1.62. The zero-order valence-corrected chi connectivity index (χ0v) is 12.4. The minimum atomic E-state index is -0.173. The first-order valence-electron chi connectivity index (χ1n) is 5.58. The first kappa shape index (κ1) is 13.3. The zero-order chi connectivity index (χ0) is 13.3. The molecule has 1 aromatic heterocycles. The Morgan fingerprint density at radius 3 is 2.78 bits per heavy atom.